The minimum absolute atomic E-state index is 0.0867. The highest BCUT2D eigenvalue weighted by Crippen LogP contribution is 2.11. The number of carbonyl (C=O) groups is 2. The second-order valence-electron chi connectivity index (χ2n) is 4.11. The van der Waals surface area contributed by atoms with Crippen molar-refractivity contribution in [3.8, 4) is 0 Å². The molecule has 6 nitrogen and oxygen atoms in total. The van der Waals surface area contributed by atoms with Gasteiger partial charge >= 0.3 is 5.97 Å². The second kappa shape index (κ2) is 5.34. The van der Waals surface area contributed by atoms with Crippen molar-refractivity contribution < 1.29 is 14.7 Å². The predicted octanol–water partition coefficient (Wildman–Crippen LogP) is 1.60. The molecular weight excluding hydrogens is 246 g/mol. The molecular formula is C13H13N3O3. The molecule has 1 aromatic carbocycles. The van der Waals surface area contributed by atoms with Crippen LogP contribution in [0.15, 0.2) is 36.7 Å². The summed E-state index contributed by atoms with van der Waals surface area (Å²) in [5.41, 5.74) is 1.25. The van der Waals surface area contributed by atoms with Crippen LogP contribution in [0.3, 0.4) is 0 Å². The van der Waals surface area contributed by atoms with Crippen molar-refractivity contribution in [2.45, 2.75) is 13.0 Å². The molecule has 2 aromatic rings. The molecule has 6 heteroatoms. The Balaban J connectivity index is 2.12. The van der Waals surface area contributed by atoms with E-state index in [0.29, 0.717) is 5.56 Å². The highest BCUT2D eigenvalue weighted by molar-refractivity contribution is 5.97. The maximum atomic E-state index is 12.0. The number of hydrogen-bond acceptors (Lipinski definition) is 3. The van der Waals surface area contributed by atoms with E-state index in [9.17, 15) is 9.59 Å². The van der Waals surface area contributed by atoms with Crippen molar-refractivity contribution in [1.29, 1.82) is 0 Å². The minimum atomic E-state index is -1.06. The number of amides is 1. The van der Waals surface area contributed by atoms with Gasteiger partial charge in [-0.1, -0.05) is 6.07 Å². The van der Waals surface area contributed by atoms with Crippen LogP contribution in [0.25, 0.3) is 0 Å². The number of rotatable bonds is 4. The molecule has 0 radical (unpaired) electrons. The Morgan fingerprint density at radius 1 is 1.37 bits per heavy atom. The molecule has 1 atom stereocenters. The first-order valence-electron chi connectivity index (χ1n) is 5.71. The quantitative estimate of drug-likeness (QED) is 0.777. The molecule has 1 amide bonds. The zero-order valence-corrected chi connectivity index (χ0v) is 10.3. The topological polar surface area (TPSA) is 95.1 Å². The summed E-state index contributed by atoms with van der Waals surface area (Å²) in [5, 5.41) is 18.1. The van der Waals surface area contributed by atoms with Crippen molar-refractivity contribution in [2.24, 2.45) is 0 Å². The Hall–Kier alpha value is -2.63. The van der Waals surface area contributed by atoms with E-state index in [2.05, 4.69) is 15.5 Å². The van der Waals surface area contributed by atoms with Crippen LogP contribution in [0.1, 0.15) is 39.2 Å². The molecule has 0 aliphatic carbocycles. The monoisotopic (exact) mass is 259 g/mol. The lowest BCUT2D eigenvalue weighted by molar-refractivity contribution is 0.0697. The SMILES string of the molecule is CC(NC(=O)c1cccc(C(=O)O)c1)c1cn[nH]c1. The van der Waals surface area contributed by atoms with Gasteiger partial charge in [-0.15, -0.1) is 0 Å². The van der Waals surface area contributed by atoms with Gasteiger partial charge in [-0.25, -0.2) is 4.79 Å². The summed E-state index contributed by atoms with van der Waals surface area (Å²) in [5.74, 6) is -1.38. The Bertz CT molecular complexity index is 593. The number of nitrogens with one attached hydrogen (secondary N) is 2. The fourth-order valence-electron chi connectivity index (χ4n) is 1.65. The van der Waals surface area contributed by atoms with Gasteiger partial charge in [-0.2, -0.15) is 5.10 Å². The van der Waals surface area contributed by atoms with Crippen LogP contribution in [-0.4, -0.2) is 27.2 Å². The fourth-order valence-corrected chi connectivity index (χ4v) is 1.65. The van der Waals surface area contributed by atoms with Crippen LogP contribution in [0.4, 0.5) is 0 Å². The third-order valence-electron chi connectivity index (χ3n) is 2.74. The van der Waals surface area contributed by atoms with Crippen LogP contribution < -0.4 is 5.32 Å². The first-order valence-corrected chi connectivity index (χ1v) is 5.71. The normalized spacial score (nSPS) is 11.8. The zero-order chi connectivity index (χ0) is 13.8. The smallest absolute Gasteiger partial charge is 0.335 e. The van der Waals surface area contributed by atoms with Gasteiger partial charge in [0.25, 0.3) is 5.91 Å². The van der Waals surface area contributed by atoms with Gasteiger partial charge in [-0.05, 0) is 25.1 Å². The average Bonchev–Trinajstić information content (AvgIpc) is 2.92. The van der Waals surface area contributed by atoms with E-state index in [1.807, 2.05) is 6.92 Å². The lowest BCUT2D eigenvalue weighted by Gasteiger charge is -2.12. The number of aromatic nitrogens is 2. The molecule has 0 saturated heterocycles. The Morgan fingerprint density at radius 2 is 2.11 bits per heavy atom. The van der Waals surface area contributed by atoms with E-state index in [1.165, 1.54) is 12.1 Å². The summed E-state index contributed by atoms with van der Waals surface area (Å²) in [6.07, 6.45) is 3.32. The molecule has 0 aliphatic heterocycles. The van der Waals surface area contributed by atoms with Crippen molar-refractivity contribution >= 4 is 11.9 Å². The third kappa shape index (κ3) is 2.98. The maximum absolute atomic E-state index is 12.0. The molecule has 2 rings (SSSR count). The van der Waals surface area contributed by atoms with Crippen LogP contribution >= 0.6 is 0 Å². The van der Waals surface area contributed by atoms with Crippen LogP contribution in [0, 0.1) is 0 Å². The van der Waals surface area contributed by atoms with Crippen molar-refractivity contribution in [3.05, 3.63) is 53.3 Å². The summed E-state index contributed by atoms with van der Waals surface area (Å²) in [7, 11) is 0. The third-order valence-corrected chi connectivity index (χ3v) is 2.74. The highest BCUT2D eigenvalue weighted by atomic mass is 16.4. The number of benzene rings is 1. The second-order valence-corrected chi connectivity index (χ2v) is 4.11. The molecule has 0 aliphatic rings. The number of carboxylic acid groups (broad SMARTS) is 1. The van der Waals surface area contributed by atoms with Crippen LogP contribution in [0.5, 0.6) is 0 Å². The van der Waals surface area contributed by atoms with Crippen molar-refractivity contribution in [2.75, 3.05) is 0 Å². The van der Waals surface area contributed by atoms with Crippen molar-refractivity contribution in [3.63, 3.8) is 0 Å². The first kappa shape index (κ1) is 12.8. The molecule has 1 heterocycles. The number of aromatic amines is 1. The van der Waals surface area contributed by atoms with Gasteiger partial charge in [0, 0.05) is 17.3 Å². The molecule has 0 saturated carbocycles. The van der Waals surface area contributed by atoms with Gasteiger partial charge < -0.3 is 10.4 Å². The molecule has 1 unspecified atom stereocenters. The van der Waals surface area contributed by atoms with Gasteiger partial charge in [0.2, 0.25) is 0 Å². The number of nitrogens with zero attached hydrogens (tertiary/aromatic N) is 1. The molecule has 19 heavy (non-hydrogen) atoms. The van der Waals surface area contributed by atoms with Crippen LogP contribution in [-0.2, 0) is 0 Å². The lowest BCUT2D eigenvalue weighted by Crippen LogP contribution is -2.26. The van der Waals surface area contributed by atoms with Crippen LogP contribution in [0.2, 0.25) is 0 Å². The molecule has 1 aromatic heterocycles. The average molecular weight is 259 g/mol. The Labute approximate surface area is 109 Å². The summed E-state index contributed by atoms with van der Waals surface area (Å²) < 4.78 is 0. The Morgan fingerprint density at radius 3 is 2.74 bits per heavy atom. The number of carboxylic acids is 1. The first-order chi connectivity index (χ1) is 9.08. The zero-order valence-electron chi connectivity index (χ0n) is 10.3. The van der Waals surface area contributed by atoms with E-state index in [0.717, 1.165) is 5.56 Å². The standard InChI is InChI=1S/C13H13N3O3/c1-8(11-6-14-15-7-11)16-12(17)9-3-2-4-10(5-9)13(18)19/h2-8H,1H3,(H,14,15)(H,16,17)(H,18,19). The summed E-state index contributed by atoms with van der Waals surface area (Å²) in [6.45, 7) is 1.82. The van der Waals surface area contributed by atoms with Gasteiger partial charge in [0.1, 0.15) is 0 Å². The molecule has 0 fully saturated rings. The highest BCUT2D eigenvalue weighted by Gasteiger charge is 2.13. The molecule has 98 valence electrons. The van der Waals surface area contributed by atoms with E-state index in [-0.39, 0.29) is 17.5 Å². The molecule has 3 N–H and O–H groups in total. The van der Waals surface area contributed by atoms with Crippen molar-refractivity contribution in [1.82, 2.24) is 15.5 Å². The number of carbonyl (C=O) groups excluding carboxylic acids is 1. The van der Waals surface area contributed by atoms with Gasteiger partial charge in [0.15, 0.2) is 0 Å². The number of H-pyrrole nitrogens is 1. The largest absolute Gasteiger partial charge is 0.478 e. The maximum Gasteiger partial charge on any atom is 0.335 e. The lowest BCUT2D eigenvalue weighted by atomic mass is 10.1. The number of aromatic carboxylic acids is 1. The minimum Gasteiger partial charge on any atom is -0.478 e. The van der Waals surface area contributed by atoms with E-state index >= 15 is 0 Å². The van der Waals surface area contributed by atoms with Gasteiger partial charge in [-0.3, -0.25) is 9.89 Å². The Kier molecular flexibility index (Phi) is 3.61. The number of hydrogen-bond donors (Lipinski definition) is 3. The molecule has 0 bridgehead atoms. The summed E-state index contributed by atoms with van der Waals surface area (Å²) in [4.78, 5) is 22.8. The van der Waals surface area contributed by atoms with Gasteiger partial charge in [0.05, 0.1) is 17.8 Å². The van der Waals surface area contributed by atoms with E-state index in [4.69, 9.17) is 5.11 Å². The predicted molar refractivity (Wildman–Crippen MR) is 67.9 cm³/mol. The summed E-state index contributed by atoms with van der Waals surface area (Å²) in [6, 6.07) is 5.70. The fraction of sp³-hybridized carbons (Fsp3) is 0.154. The molecule has 0 spiro atoms. The van der Waals surface area contributed by atoms with E-state index in [1.54, 1.807) is 24.5 Å². The summed E-state index contributed by atoms with van der Waals surface area (Å²) >= 11 is 0. The van der Waals surface area contributed by atoms with E-state index < -0.39 is 5.97 Å².